The van der Waals surface area contributed by atoms with Crippen LogP contribution in [0.1, 0.15) is 29.5 Å². The molecule has 0 radical (unpaired) electrons. The maximum Gasteiger partial charge on any atom is 0.0854 e. The number of halogens is 2. The van der Waals surface area contributed by atoms with Gasteiger partial charge in [-0.05, 0) is 62.0 Å². The van der Waals surface area contributed by atoms with Gasteiger partial charge in [-0.25, -0.2) is 0 Å². The lowest BCUT2D eigenvalue weighted by molar-refractivity contribution is 0.0183. The molecule has 30 heavy (non-hydrogen) atoms. The average molecular weight is 460 g/mol. The van der Waals surface area contributed by atoms with Crippen molar-refractivity contribution in [2.75, 3.05) is 20.6 Å². The van der Waals surface area contributed by atoms with Crippen molar-refractivity contribution in [2.45, 2.75) is 29.1 Å². The molecule has 0 aromatic heterocycles. The largest absolute Gasteiger partial charge is 0.388 e. The standard InChI is InChI=1S/C25H27Cl2NOS/c1-25(29,17-28(2)3)24(18-7-5-4-6-8-18)19-10-13-22(14-11-19)30-16-20-9-12-21(26)15-23(20)27/h4-15,24,29H,16-17H2,1-3H3. The number of nitrogens with zero attached hydrogens (tertiary/aromatic N) is 1. The molecule has 2 atom stereocenters. The van der Waals surface area contributed by atoms with Gasteiger partial charge in [-0.15, -0.1) is 11.8 Å². The molecule has 2 unspecified atom stereocenters. The fourth-order valence-electron chi connectivity index (χ4n) is 3.84. The molecule has 0 aliphatic rings. The van der Waals surface area contributed by atoms with Gasteiger partial charge in [0, 0.05) is 33.2 Å². The van der Waals surface area contributed by atoms with Crippen LogP contribution in [-0.2, 0) is 5.75 Å². The summed E-state index contributed by atoms with van der Waals surface area (Å²) >= 11 is 14.0. The van der Waals surface area contributed by atoms with Gasteiger partial charge < -0.3 is 10.0 Å². The minimum atomic E-state index is -0.906. The van der Waals surface area contributed by atoms with Crippen molar-refractivity contribution < 1.29 is 5.11 Å². The predicted molar refractivity (Wildman–Crippen MR) is 130 cm³/mol. The van der Waals surface area contributed by atoms with E-state index in [1.807, 2.05) is 56.3 Å². The van der Waals surface area contributed by atoms with Crippen LogP contribution in [0.15, 0.2) is 77.7 Å². The first-order valence-electron chi connectivity index (χ1n) is 9.85. The predicted octanol–water partition coefficient (Wildman–Crippen LogP) is 6.73. The summed E-state index contributed by atoms with van der Waals surface area (Å²) in [6, 6.07) is 24.3. The van der Waals surface area contributed by atoms with Crippen molar-refractivity contribution in [1.29, 1.82) is 0 Å². The molecule has 0 saturated carbocycles. The Morgan fingerprint density at radius 3 is 2.17 bits per heavy atom. The molecule has 5 heteroatoms. The lowest BCUT2D eigenvalue weighted by Crippen LogP contribution is -2.43. The van der Waals surface area contributed by atoms with Gasteiger partial charge in [0.2, 0.25) is 0 Å². The van der Waals surface area contributed by atoms with Crippen LogP contribution in [0.3, 0.4) is 0 Å². The summed E-state index contributed by atoms with van der Waals surface area (Å²) in [5.74, 6) is 0.654. The highest BCUT2D eigenvalue weighted by atomic mass is 35.5. The van der Waals surface area contributed by atoms with E-state index >= 15 is 0 Å². The number of likely N-dealkylation sites (N-methyl/N-ethyl adjacent to an activating group) is 1. The summed E-state index contributed by atoms with van der Waals surface area (Å²) in [6.45, 7) is 2.48. The Morgan fingerprint density at radius 2 is 1.57 bits per heavy atom. The van der Waals surface area contributed by atoms with Crippen molar-refractivity contribution in [2.24, 2.45) is 0 Å². The highest BCUT2D eigenvalue weighted by molar-refractivity contribution is 7.98. The third kappa shape index (κ3) is 6.03. The zero-order chi connectivity index (χ0) is 21.7. The summed E-state index contributed by atoms with van der Waals surface area (Å²) in [4.78, 5) is 3.18. The summed E-state index contributed by atoms with van der Waals surface area (Å²) < 4.78 is 0. The second-order valence-corrected chi connectivity index (χ2v) is 9.92. The quantitative estimate of drug-likeness (QED) is 0.377. The first kappa shape index (κ1) is 23.2. The number of aliphatic hydroxyl groups is 1. The third-order valence-corrected chi connectivity index (χ3v) is 6.66. The van der Waals surface area contributed by atoms with Crippen LogP contribution >= 0.6 is 35.0 Å². The molecule has 0 aliphatic heterocycles. The Balaban J connectivity index is 1.81. The average Bonchev–Trinajstić information content (AvgIpc) is 2.68. The molecule has 0 bridgehead atoms. The molecule has 1 N–H and O–H groups in total. The molecule has 3 rings (SSSR count). The van der Waals surface area contributed by atoms with Crippen molar-refractivity contribution in [3.8, 4) is 0 Å². The molecular weight excluding hydrogens is 433 g/mol. The van der Waals surface area contributed by atoms with Crippen LogP contribution in [0.5, 0.6) is 0 Å². The van der Waals surface area contributed by atoms with Gasteiger partial charge in [-0.3, -0.25) is 0 Å². The van der Waals surface area contributed by atoms with E-state index in [0.717, 1.165) is 27.3 Å². The molecule has 2 nitrogen and oxygen atoms in total. The fourth-order valence-corrected chi connectivity index (χ4v) is 5.30. The second-order valence-electron chi connectivity index (χ2n) is 8.03. The van der Waals surface area contributed by atoms with E-state index in [1.165, 1.54) is 0 Å². The molecule has 0 amide bonds. The fraction of sp³-hybridized carbons (Fsp3) is 0.280. The Labute approximate surface area is 193 Å². The Bertz CT molecular complexity index is 959. The molecule has 158 valence electrons. The van der Waals surface area contributed by atoms with Crippen LogP contribution < -0.4 is 0 Å². The number of thioether (sulfide) groups is 1. The Kier molecular flexibility index (Phi) is 7.89. The van der Waals surface area contributed by atoms with E-state index in [4.69, 9.17) is 23.2 Å². The van der Waals surface area contributed by atoms with E-state index < -0.39 is 5.60 Å². The van der Waals surface area contributed by atoms with Gasteiger partial charge in [0.25, 0.3) is 0 Å². The summed E-state index contributed by atoms with van der Waals surface area (Å²) in [7, 11) is 3.97. The summed E-state index contributed by atoms with van der Waals surface area (Å²) in [5.41, 5.74) is 2.36. The first-order chi connectivity index (χ1) is 14.3. The minimum Gasteiger partial charge on any atom is -0.388 e. The normalized spacial score (nSPS) is 14.5. The molecule has 3 aromatic carbocycles. The number of hydrogen-bond donors (Lipinski definition) is 1. The monoisotopic (exact) mass is 459 g/mol. The van der Waals surface area contributed by atoms with Gasteiger partial charge in [0.1, 0.15) is 0 Å². The lowest BCUT2D eigenvalue weighted by atomic mass is 9.78. The van der Waals surface area contributed by atoms with Crippen LogP contribution in [0.4, 0.5) is 0 Å². The van der Waals surface area contributed by atoms with E-state index in [-0.39, 0.29) is 5.92 Å². The minimum absolute atomic E-state index is 0.120. The van der Waals surface area contributed by atoms with Crippen molar-refractivity contribution in [3.63, 3.8) is 0 Å². The smallest absolute Gasteiger partial charge is 0.0854 e. The molecule has 0 saturated heterocycles. The molecular formula is C25H27Cl2NOS. The van der Waals surface area contributed by atoms with Crippen molar-refractivity contribution in [1.82, 2.24) is 4.90 Å². The zero-order valence-corrected chi connectivity index (χ0v) is 19.8. The zero-order valence-electron chi connectivity index (χ0n) is 17.5. The van der Waals surface area contributed by atoms with E-state index in [1.54, 1.807) is 17.8 Å². The van der Waals surface area contributed by atoms with Crippen molar-refractivity contribution >= 4 is 35.0 Å². The lowest BCUT2D eigenvalue weighted by Gasteiger charge is -2.36. The molecule has 3 aromatic rings. The van der Waals surface area contributed by atoms with Crippen LogP contribution in [0.2, 0.25) is 10.0 Å². The van der Waals surface area contributed by atoms with E-state index in [2.05, 4.69) is 36.4 Å². The SMILES string of the molecule is CN(C)CC(C)(O)C(c1ccccc1)c1ccc(SCc2ccc(Cl)cc2Cl)cc1. The van der Waals surface area contributed by atoms with Crippen LogP contribution in [-0.4, -0.2) is 36.2 Å². The Hall–Kier alpha value is -1.49. The molecule has 0 fully saturated rings. The first-order valence-corrected chi connectivity index (χ1v) is 11.6. The molecule has 0 aliphatic carbocycles. The molecule has 0 heterocycles. The third-order valence-electron chi connectivity index (χ3n) is 5.01. The Morgan fingerprint density at radius 1 is 0.933 bits per heavy atom. The summed E-state index contributed by atoms with van der Waals surface area (Å²) in [6.07, 6.45) is 0. The van der Waals surface area contributed by atoms with Gasteiger partial charge in [-0.2, -0.15) is 0 Å². The van der Waals surface area contributed by atoms with Crippen molar-refractivity contribution in [3.05, 3.63) is 99.5 Å². The maximum atomic E-state index is 11.4. The van der Waals surface area contributed by atoms with Gasteiger partial charge in [0.05, 0.1) is 5.60 Å². The number of benzene rings is 3. The topological polar surface area (TPSA) is 23.5 Å². The molecule has 0 spiro atoms. The maximum absolute atomic E-state index is 11.4. The van der Waals surface area contributed by atoms with Gasteiger partial charge >= 0.3 is 0 Å². The van der Waals surface area contributed by atoms with Crippen LogP contribution in [0, 0.1) is 0 Å². The summed E-state index contributed by atoms with van der Waals surface area (Å²) in [5, 5.41) is 12.7. The van der Waals surface area contributed by atoms with Crippen LogP contribution in [0.25, 0.3) is 0 Å². The van der Waals surface area contributed by atoms with E-state index in [9.17, 15) is 5.11 Å². The number of hydrogen-bond acceptors (Lipinski definition) is 3. The van der Waals surface area contributed by atoms with Gasteiger partial charge in [0.15, 0.2) is 0 Å². The highest BCUT2D eigenvalue weighted by Gasteiger charge is 2.34. The second kappa shape index (κ2) is 10.2. The number of rotatable bonds is 8. The van der Waals surface area contributed by atoms with E-state index in [0.29, 0.717) is 16.6 Å². The van der Waals surface area contributed by atoms with Gasteiger partial charge in [-0.1, -0.05) is 71.7 Å². The highest BCUT2D eigenvalue weighted by Crippen LogP contribution is 2.37.